The van der Waals surface area contributed by atoms with Crippen molar-refractivity contribution in [3.8, 4) is 0 Å². The van der Waals surface area contributed by atoms with Crippen molar-refractivity contribution in [3.63, 3.8) is 0 Å². The van der Waals surface area contributed by atoms with Gasteiger partial charge in [-0.15, -0.1) is 10.2 Å². The molecule has 0 N–H and O–H groups in total. The Balaban J connectivity index is 1.51. The quantitative estimate of drug-likeness (QED) is 0.531. The van der Waals surface area contributed by atoms with Crippen molar-refractivity contribution in [1.82, 2.24) is 15.2 Å². The van der Waals surface area contributed by atoms with Gasteiger partial charge in [0, 0.05) is 17.1 Å². The van der Waals surface area contributed by atoms with Crippen LogP contribution in [-0.2, 0) is 5.75 Å². The SMILES string of the molecule is Cc1c(Cl)c(CSc2nnc(C3CCCCC3)o2)nc2ccccc12. The van der Waals surface area contributed by atoms with Gasteiger partial charge in [0.05, 0.1) is 16.2 Å². The molecule has 0 amide bonds. The molecule has 4 nitrogen and oxygen atoms in total. The number of aryl methyl sites for hydroxylation is 1. The van der Waals surface area contributed by atoms with Gasteiger partial charge < -0.3 is 4.42 Å². The van der Waals surface area contributed by atoms with Crippen molar-refractivity contribution in [1.29, 1.82) is 0 Å². The second-order valence-corrected chi connectivity index (χ2v) is 7.85. The van der Waals surface area contributed by atoms with Crippen molar-refractivity contribution >= 4 is 34.3 Å². The minimum absolute atomic E-state index is 0.431. The fraction of sp³-hybridized carbons (Fsp3) is 0.421. The average Bonchev–Trinajstić information content (AvgIpc) is 3.13. The molecule has 6 heteroatoms. The van der Waals surface area contributed by atoms with Crippen molar-refractivity contribution in [3.05, 3.63) is 46.4 Å². The zero-order valence-electron chi connectivity index (χ0n) is 14.2. The van der Waals surface area contributed by atoms with Crippen molar-refractivity contribution in [2.24, 2.45) is 0 Å². The van der Waals surface area contributed by atoms with Crippen molar-refractivity contribution in [2.75, 3.05) is 0 Å². The summed E-state index contributed by atoms with van der Waals surface area (Å²) in [6.07, 6.45) is 6.14. The molecular weight excluding hydrogens is 354 g/mol. The molecule has 1 aliphatic rings. The Morgan fingerprint density at radius 3 is 2.80 bits per heavy atom. The molecule has 130 valence electrons. The first-order valence-corrected chi connectivity index (χ1v) is 10.1. The molecule has 0 aliphatic heterocycles. The Hall–Kier alpha value is -1.59. The summed E-state index contributed by atoms with van der Waals surface area (Å²) in [5, 5.41) is 10.9. The van der Waals surface area contributed by atoms with Gasteiger partial charge in [-0.3, -0.25) is 4.98 Å². The van der Waals surface area contributed by atoms with E-state index in [4.69, 9.17) is 21.0 Å². The minimum atomic E-state index is 0.431. The van der Waals surface area contributed by atoms with Gasteiger partial charge in [-0.1, -0.05) is 60.8 Å². The molecule has 0 unspecified atom stereocenters. The molecule has 1 aliphatic carbocycles. The van der Waals surface area contributed by atoms with Gasteiger partial charge in [0.2, 0.25) is 5.89 Å². The number of aromatic nitrogens is 3. The standard InChI is InChI=1S/C19H20ClN3OS/c1-12-14-9-5-6-10-15(14)21-16(17(12)20)11-25-19-23-22-18(24-19)13-7-3-2-4-8-13/h5-6,9-10,13H,2-4,7-8,11H2,1H3. The summed E-state index contributed by atoms with van der Waals surface area (Å²) in [6.45, 7) is 2.04. The van der Waals surface area contributed by atoms with E-state index in [2.05, 4.69) is 16.3 Å². The number of nitrogens with zero attached hydrogens (tertiary/aromatic N) is 3. The fourth-order valence-corrected chi connectivity index (χ4v) is 4.44. The van der Waals surface area contributed by atoms with E-state index in [0.717, 1.165) is 45.9 Å². The molecule has 3 aromatic rings. The lowest BCUT2D eigenvalue weighted by atomic mass is 9.89. The van der Waals surface area contributed by atoms with E-state index in [1.807, 2.05) is 25.1 Å². The lowest BCUT2D eigenvalue weighted by Crippen LogP contribution is -2.04. The third-order valence-corrected chi connectivity index (χ3v) is 6.19. The number of para-hydroxylation sites is 1. The van der Waals surface area contributed by atoms with Gasteiger partial charge in [0.15, 0.2) is 0 Å². The van der Waals surface area contributed by atoms with Crippen LogP contribution in [0.15, 0.2) is 33.9 Å². The predicted molar refractivity (Wildman–Crippen MR) is 101 cm³/mol. The first kappa shape index (κ1) is 16.9. The lowest BCUT2D eigenvalue weighted by molar-refractivity contribution is 0.334. The minimum Gasteiger partial charge on any atom is -0.416 e. The van der Waals surface area contributed by atoms with Gasteiger partial charge in [-0.05, 0) is 31.4 Å². The zero-order chi connectivity index (χ0) is 17.2. The Labute approximate surface area is 156 Å². The summed E-state index contributed by atoms with van der Waals surface area (Å²) >= 11 is 8.03. The zero-order valence-corrected chi connectivity index (χ0v) is 15.7. The highest BCUT2D eigenvalue weighted by Crippen LogP contribution is 2.34. The van der Waals surface area contributed by atoms with E-state index in [1.54, 1.807) is 0 Å². The van der Waals surface area contributed by atoms with E-state index in [1.165, 1.54) is 31.0 Å². The predicted octanol–water partition coefficient (Wildman–Crippen LogP) is 5.92. The maximum atomic E-state index is 6.52. The van der Waals surface area contributed by atoms with Crippen LogP contribution < -0.4 is 0 Å². The molecule has 1 fully saturated rings. The summed E-state index contributed by atoms with van der Waals surface area (Å²) in [5.41, 5.74) is 2.89. The highest BCUT2D eigenvalue weighted by atomic mass is 35.5. The van der Waals surface area contributed by atoms with Gasteiger partial charge in [-0.2, -0.15) is 0 Å². The number of hydrogen-bond donors (Lipinski definition) is 0. The topological polar surface area (TPSA) is 51.8 Å². The number of thioether (sulfide) groups is 1. The monoisotopic (exact) mass is 373 g/mol. The molecule has 2 aromatic heterocycles. The molecule has 0 spiro atoms. The number of benzene rings is 1. The van der Waals surface area contributed by atoms with E-state index in [0.29, 0.717) is 16.9 Å². The number of hydrogen-bond acceptors (Lipinski definition) is 5. The van der Waals surface area contributed by atoms with Crippen LogP contribution in [0, 0.1) is 6.92 Å². The largest absolute Gasteiger partial charge is 0.416 e. The van der Waals surface area contributed by atoms with Crippen molar-refractivity contribution in [2.45, 2.75) is 55.9 Å². The molecule has 4 rings (SSSR count). The molecule has 25 heavy (non-hydrogen) atoms. The van der Waals surface area contributed by atoms with Crippen LogP contribution in [0.2, 0.25) is 5.02 Å². The number of fused-ring (bicyclic) bond motifs is 1. The maximum Gasteiger partial charge on any atom is 0.276 e. The Kier molecular flexibility index (Phi) is 4.95. The molecular formula is C19H20ClN3OS. The van der Waals surface area contributed by atoms with Crippen LogP contribution in [0.25, 0.3) is 10.9 Å². The fourth-order valence-electron chi connectivity index (χ4n) is 3.44. The normalized spacial score (nSPS) is 15.8. The molecule has 0 radical (unpaired) electrons. The number of pyridine rings is 1. The third kappa shape index (κ3) is 3.53. The number of rotatable bonds is 4. The third-order valence-electron chi connectivity index (χ3n) is 4.85. The van der Waals surface area contributed by atoms with Crippen molar-refractivity contribution < 1.29 is 4.42 Å². The first-order chi connectivity index (χ1) is 12.2. The Morgan fingerprint density at radius 2 is 1.96 bits per heavy atom. The summed E-state index contributed by atoms with van der Waals surface area (Å²) < 4.78 is 5.87. The smallest absolute Gasteiger partial charge is 0.276 e. The van der Waals surface area contributed by atoms with E-state index < -0.39 is 0 Å². The molecule has 0 saturated heterocycles. The van der Waals surface area contributed by atoms with Gasteiger partial charge in [-0.25, -0.2) is 0 Å². The van der Waals surface area contributed by atoms with Crippen LogP contribution in [0.1, 0.15) is 55.2 Å². The van der Waals surface area contributed by atoms with Crippen LogP contribution in [0.4, 0.5) is 0 Å². The molecule has 1 saturated carbocycles. The van der Waals surface area contributed by atoms with Crippen LogP contribution in [0.3, 0.4) is 0 Å². The van der Waals surface area contributed by atoms with Crippen LogP contribution >= 0.6 is 23.4 Å². The molecule has 0 bridgehead atoms. The van der Waals surface area contributed by atoms with Gasteiger partial charge in [0.25, 0.3) is 5.22 Å². The molecule has 0 atom stereocenters. The first-order valence-electron chi connectivity index (χ1n) is 8.72. The van der Waals surface area contributed by atoms with E-state index >= 15 is 0 Å². The number of halogens is 1. The molecule has 1 aromatic carbocycles. The highest BCUT2D eigenvalue weighted by Gasteiger charge is 2.21. The summed E-state index contributed by atoms with van der Waals surface area (Å²) in [6, 6.07) is 8.07. The van der Waals surface area contributed by atoms with Crippen LogP contribution in [0.5, 0.6) is 0 Å². The van der Waals surface area contributed by atoms with Crippen LogP contribution in [-0.4, -0.2) is 15.2 Å². The summed E-state index contributed by atoms with van der Waals surface area (Å²) in [5.74, 6) is 1.84. The van der Waals surface area contributed by atoms with E-state index in [9.17, 15) is 0 Å². The second kappa shape index (κ2) is 7.34. The average molecular weight is 374 g/mol. The summed E-state index contributed by atoms with van der Waals surface area (Å²) in [7, 11) is 0. The summed E-state index contributed by atoms with van der Waals surface area (Å²) in [4.78, 5) is 4.70. The van der Waals surface area contributed by atoms with Gasteiger partial charge >= 0.3 is 0 Å². The van der Waals surface area contributed by atoms with Gasteiger partial charge in [0.1, 0.15) is 0 Å². The maximum absolute atomic E-state index is 6.52. The second-order valence-electron chi connectivity index (χ2n) is 6.54. The molecule has 2 heterocycles. The Morgan fingerprint density at radius 1 is 1.16 bits per heavy atom. The highest BCUT2D eigenvalue weighted by molar-refractivity contribution is 7.98. The Bertz CT molecular complexity index is 890. The lowest BCUT2D eigenvalue weighted by Gasteiger charge is -2.17. The van der Waals surface area contributed by atoms with E-state index in [-0.39, 0.29) is 0 Å².